The third-order valence-corrected chi connectivity index (χ3v) is 6.37. The molecule has 2 aliphatic heterocycles. The summed E-state index contributed by atoms with van der Waals surface area (Å²) in [5.41, 5.74) is 0. The Labute approximate surface area is 122 Å². The Bertz CT molecular complexity index is 402. The van der Waals surface area contributed by atoms with Gasteiger partial charge in [-0.05, 0) is 6.92 Å². The third-order valence-electron chi connectivity index (χ3n) is 3.62. The van der Waals surface area contributed by atoms with Crippen molar-refractivity contribution in [3.8, 4) is 0 Å². The second kappa shape index (κ2) is 6.47. The molecule has 0 saturated carbocycles. The summed E-state index contributed by atoms with van der Waals surface area (Å²) in [5, 5.41) is 7.97. The molecular weight excluding hydrogens is 280 g/mol. The van der Waals surface area contributed by atoms with E-state index in [1.165, 1.54) is 11.5 Å². The van der Waals surface area contributed by atoms with Crippen molar-refractivity contribution in [1.82, 2.24) is 20.4 Å². The van der Waals surface area contributed by atoms with Crippen molar-refractivity contribution in [2.24, 2.45) is 0 Å². The minimum atomic E-state index is 0.226. The van der Waals surface area contributed by atoms with Gasteiger partial charge in [0, 0.05) is 43.4 Å². The van der Waals surface area contributed by atoms with Crippen LogP contribution in [0, 0.1) is 0 Å². The lowest BCUT2D eigenvalue weighted by molar-refractivity contribution is 0.154. The molecule has 2 aliphatic rings. The Morgan fingerprint density at radius 3 is 2.95 bits per heavy atom. The number of piperazine rings is 1. The smallest absolute Gasteiger partial charge is 0.243 e. The zero-order valence-electron chi connectivity index (χ0n) is 11.2. The molecule has 2 unspecified atom stereocenters. The van der Waals surface area contributed by atoms with Gasteiger partial charge in [-0.2, -0.15) is 16.7 Å². The van der Waals surface area contributed by atoms with Crippen molar-refractivity contribution >= 4 is 23.5 Å². The van der Waals surface area contributed by atoms with Crippen LogP contribution in [0.25, 0.3) is 0 Å². The zero-order valence-corrected chi connectivity index (χ0v) is 12.8. The van der Waals surface area contributed by atoms with Gasteiger partial charge in [0.2, 0.25) is 5.89 Å². The molecule has 2 fully saturated rings. The van der Waals surface area contributed by atoms with Crippen LogP contribution in [0.3, 0.4) is 0 Å². The molecule has 1 aromatic rings. The monoisotopic (exact) mass is 300 g/mol. The predicted molar refractivity (Wildman–Crippen MR) is 79.7 cm³/mol. The quantitative estimate of drug-likeness (QED) is 0.909. The number of nitrogens with one attached hydrogen (secondary N) is 1. The minimum Gasteiger partial charge on any atom is -0.338 e. The molecule has 3 heterocycles. The summed E-state index contributed by atoms with van der Waals surface area (Å²) in [7, 11) is 0. The summed E-state index contributed by atoms with van der Waals surface area (Å²) in [6, 6.07) is 0.226. The van der Waals surface area contributed by atoms with Gasteiger partial charge in [-0.3, -0.25) is 4.90 Å². The second-order valence-electron chi connectivity index (χ2n) is 4.89. The van der Waals surface area contributed by atoms with E-state index in [0.717, 1.165) is 43.6 Å². The molecule has 0 radical (unpaired) electrons. The molecule has 106 valence electrons. The highest BCUT2D eigenvalue weighted by atomic mass is 32.2. The van der Waals surface area contributed by atoms with Crippen LogP contribution in [-0.2, 0) is 0 Å². The lowest BCUT2D eigenvalue weighted by Gasteiger charge is -2.30. The summed E-state index contributed by atoms with van der Waals surface area (Å²) in [4.78, 5) is 7.03. The molecule has 3 rings (SSSR count). The van der Waals surface area contributed by atoms with Crippen molar-refractivity contribution in [3.63, 3.8) is 0 Å². The summed E-state index contributed by atoms with van der Waals surface area (Å²) in [6.07, 6.45) is 0. The average molecular weight is 300 g/mol. The van der Waals surface area contributed by atoms with Crippen LogP contribution >= 0.6 is 23.5 Å². The Morgan fingerprint density at radius 1 is 1.37 bits per heavy atom. The Hall–Kier alpha value is -0.240. The minimum absolute atomic E-state index is 0.226. The Balaban J connectivity index is 1.65. The van der Waals surface area contributed by atoms with E-state index in [2.05, 4.69) is 27.3 Å². The third kappa shape index (κ3) is 3.26. The predicted octanol–water partition coefficient (Wildman–Crippen LogP) is 1.56. The number of aromatic nitrogens is 2. The van der Waals surface area contributed by atoms with E-state index >= 15 is 0 Å². The van der Waals surface area contributed by atoms with Gasteiger partial charge in [0.15, 0.2) is 5.82 Å². The van der Waals surface area contributed by atoms with Crippen LogP contribution in [0.4, 0.5) is 0 Å². The second-order valence-corrected chi connectivity index (χ2v) is 7.35. The van der Waals surface area contributed by atoms with Crippen LogP contribution in [0.5, 0.6) is 0 Å². The molecule has 0 bridgehead atoms. The molecule has 1 N–H and O–H groups in total. The van der Waals surface area contributed by atoms with E-state index in [4.69, 9.17) is 4.52 Å². The van der Waals surface area contributed by atoms with E-state index in [-0.39, 0.29) is 6.04 Å². The van der Waals surface area contributed by atoms with Crippen LogP contribution in [0.2, 0.25) is 0 Å². The lowest BCUT2D eigenvalue weighted by atomic mass is 10.2. The normalized spacial score (nSPS) is 27.3. The summed E-state index contributed by atoms with van der Waals surface area (Å²) in [5.74, 6) is 5.18. The summed E-state index contributed by atoms with van der Waals surface area (Å²) < 4.78 is 5.49. The van der Waals surface area contributed by atoms with E-state index in [1.54, 1.807) is 0 Å². The largest absolute Gasteiger partial charge is 0.338 e. The molecule has 0 aromatic carbocycles. The van der Waals surface area contributed by atoms with Crippen molar-refractivity contribution < 1.29 is 4.52 Å². The van der Waals surface area contributed by atoms with Crippen LogP contribution < -0.4 is 5.32 Å². The average Bonchev–Trinajstić information content (AvgIpc) is 2.98. The SMILES string of the molecule is CC(c1nc(C2CSCCS2)no1)N1CCNCC1. The first-order valence-corrected chi connectivity index (χ1v) is 9.02. The molecule has 1 aromatic heterocycles. The van der Waals surface area contributed by atoms with Crippen molar-refractivity contribution in [2.75, 3.05) is 43.4 Å². The van der Waals surface area contributed by atoms with Gasteiger partial charge < -0.3 is 9.84 Å². The van der Waals surface area contributed by atoms with Gasteiger partial charge in [0.05, 0.1) is 11.3 Å². The molecule has 5 nitrogen and oxygen atoms in total. The van der Waals surface area contributed by atoms with Crippen molar-refractivity contribution in [2.45, 2.75) is 18.2 Å². The van der Waals surface area contributed by atoms with Crippen LogP contribution in [-0.4, -0.2) is 58.5 Å². The van der Waals surface area contributed by atoms with E-state index in [1.807, 2.05) is 23.5 Å². The summed E-state index contributed by atoms with van der Waals surface area (Å²) >= 11 is 3.93. The van der Waals surface area contributed by atoms with E-state index < -0.39 is 0 Å². The van der Waals surface area contributed by atoms with Crippen molar-refractivity contribution in [1.29, 1.82) is 0 Å². The first-order valence-electron chi connectivity index (χ1n) is 6.82. The first-order chi connectivity index (χ1) is 9.34. The standard InChI is InChI=1S/C12H20N4OS2/c1-9(16-4-2-13-3-5-16)12-14-11(15-17-12)10-8-18-6-7-19-10/h9-10,13H,2-8H2,1H3. The van der Waals surface area contributed by atoms with Crippen LogP contribution in [0.15, 0.2) is 4.52 Å². The molecule has 2 saturated heterocycles. The highest BCUT2D eigenvalue weighted by Crippen LogP contribution is 2.35. The van der Waals surface area contributed by atoms with Gasteiger partial charge in [0.1, 0.15) is 0 Å². The van der Waals surface area contributed by atoms with Crippen molar-refractivity contribution in [3.05, 3.63) is 11.7 Å². The maximum atomic E-state index is 5.49. The van der Waals surface area contributed by atoms with E-state index in [9.17, 15) is 0 Å². The number of hydrogen-bond donors (Lipinski definition) is 1. The van der Waals surface area contributed by atoms with Crippen LogP contribution in [0.1, 0.15) is 29.9 Å². The first kappa shape index (κ1) is 13.7. The Kier molecular flexibility index (Phi) is 4.68. The van der Waals surface area contributed by atoms with Gasteiger partial charge in [0.25, 0.3) is 0 Å². The maximum Gasteiger partial charge on any atom is 0.243 e. The highest BCUT2D eigenvalue weighted by Gasteiger charge is 2.26. The number of thioether (sulfide) groups is 2. The topological polar surface area (TPSA) is 54.2 Å². The van der Waals surface area contributed by atoms with Gasteiger partial charge in [-0.15, -0.1) is 11.8 Å². The number of nitrogens with zero attached hydrogens (tertiary/aromatic N) is 3. The fraction of sp³-hybridized carbons (Fsp3) is 0.833. The zero-order chi connectivity index (χ0) is 13.1. The molecular formula is C12H20N4OS2. The maximum absolute atomic E-state index is 5.49. The molecule has 19 heavy (non-hydrogen) atoms. The Morgan fingerprint density at radius 2 is 2.21 bits per heavy atom. The number of rotatable bonds is 3. The fourth-order valence-electron chi connectivity index (χ4n) is 2.41. The molecule has 0 spiro atoms. The van der Waals surface area contributed by atoms with Gasteiger partial charge in [-0.25, -0.2) is 0 Å². The molecule has 2 atom stereocenters. The lowest BCUT2D eigenvalue weighted by Crippen LogP contribution is -2.44. The van der Waals surface area contributed by atoms with E-state index in [0.29, 0.717) is 5.25 Å². The highest BCUT2D eigenvalue weighted by molar-refractivity contribution is 8.06. The molecule has 0 amide bonds. The molecule has 0 aliphatic carbocycles. The fourth-order valence-corrected chi connectivity index (χ4v) is 5.00. The van der Waals surface area contributed by atoms with Gasteiger partial charge >= 0.3 is 0 Å². The number of hydrogen-bond acceptors (Lipinski definition) is 7. The molecule has 7 heteroatoms. The summed E-state index contributed by atoms with van der Waals surface area (Å²) in [6.45, 7) is 6.34. The van der Waals surface area contributed by atoms with Gasteiger partial charge in [-0.1, -0.05) is 5.16 Å².